The lowest BCUT2D eigenvalue weighted by Crippen LogP contribution is -2.32. The van der Waals surface area contributed by atoms with Gasteiger partial charge < -0.3 is 15.4 Å². The van der Waals surface area contributed by atoms with Crippen LogP contribution in [0.5, 0.6) is 0 Å². The van der Waals surface area contributed by atoms with Crippen molar-refractivity contribution in [2.75, 3.05) is 18.5 Å². The van der Waals surface area contributed by atoms with Crippen LogP contribution < -0.4 is 10.6 Å². The number of benzene rings is 1. The minimum Gasteiger partial charge on any atom is -0.454 e. The van der Waals surface area contributed by atoms with Crippen molar-refractivity contribution in [3.8, 4) is 6.07 Å². The summed E-state index contributed by atoms with van der Waals surface area (Å²) in [5.41, 5.74) is 2.91. The number of hydrogen-bond donors (Lipinski definition) is 2. The summed E-state index contributed by atoms with van der Waals surface area (Å²) in [5, 5.41) is 15.0. The van der Waals surface area contributed by atoms with Crippen LogP contribution >= 0.6 is 11.3 Å². The molecule has 7 nitrogen and oxygen atoms in total. The van der Waals surface area contributed by atoms with Gasteiger partial charge in [0.1, 0.15) is 17.6 Å². The molecule has 0 bridgehead atoms. The third-order valence-electron chi connectivity index (χ3n) is 4.57. The van der Waals surface area contributed by atoms with Gasteiger partial charge in [-0.1, -0.05) is 17.7 Å². The van der Waals surface area contributed by atoms with Gasteiger partial charge in [-0.2, -0.15) is 5.26 Å². The summed E-state index contributed by atoms with van der Waals surface area (Å²) >= 11 is 1.41. The SMILES string of the molecule is Cc1cccc(C(=O)NCC(=O)OCC(=O)Nc2sc3c(c2C#N)CCCC3)c1. The molecule has 0 radical (unpaired) electrons. The number of fused-ring (bicyclic) bond motifs is 1. The van der Waals surface area contributed by atoms with Crippen LogP contribution in [0.2, 0.25) is 0 Å². The van der Waals surface area contributed by atoms with E-state index in [1.807, 2.05) is 13.0 Å². The standard InChI is InChI=1S/C21H21N3O4S/c1-13-5-4-6-14(9-13)20(27)23-11-19(26)28-12-18(25)24-21-16(10-22)15-7-2-3-8-17(15)29-21/h4-6,9H,2-3,7-8,11-12H2,1H3,(H,23,27)(H,24,25). The molecule has 2 amide bonds. The molecule has 0 fully saturated rings. The third kappa shape index (κ3) is 5.21. The van der Waals surface area contributed by atoms with Crippen LogP contribution in [-0.4, -0.2) is 30.9 Å². The monoisotopic (exact) mass is 411 g/mol. The maximum absolute atomic E-state index is 12.1. The van der Waals surface area contributed by atoms with E-state index < -0.39 is 24.4 Å². The molecular weight excluding hydrogens is 390 g/mol. The number of esters is 1. The highest BCUT2D eigenvalue weighted by molar-refractivity contribution is 7.16. The molecule has 2 aromatic rings. The van der Waals surface area contributed by atoms with Crippen LogP contribution in [0.4, 0.5) is 5.00 Å². The molecule has 150 valence electrons. The zero-order valence-corrected chi connectivity index (χ0v) is 16.9. The van der Waals surface area contributed by atoms with Gasteiger partial charge >= 0.3 is 5.97 Å². The largest absolute Gasteiger partial charge is 0.454 e. The Morgan fingerprint density at radius 3 is 2.79 bits per heavy atom. The van der Waals surface area contributed by atoms with Crippen LogP contribution in [0.1, 0.15) is 44.8 Å². The summed E-state index contributed by atoms with van der Waals surface area (Å²) in [6.07, 6.45) is 3.88. The number of hydrogen-bond acceptors (Lipinski definition) is 6. The zero-order chi connectivity index (χ0) is 20.8. The van der Waals surface area contributed by atoms with Crippen molar-refractivity contribution in [1.29, 1.82) is 5.26 Å². The molecule has 29 heavy (non-hydrogen) atoms. The second-order valence-electron chi connectivity index (χ2n) is 6.79. The number of nitrogens with zero attached hydrogens (tertiary/aromatic N) is 1. The van der Waals surface area contributed by atoms with Gasteiger partial charge in [-0.25, -0.2) is 0 Å². The van der Waals surface area contributed by atoms with E-state index in [9.17, 15) is 19.6 Å². The smallest absolute Gasteiger partial charge is 0.325 e. The summed E-state index contributed by atoms with van der Waals surface area (Å²) in [5.74, 6) is -1.62. The number of carbonyl (C=O) groups excluding carboxylic acids is 3. The molecule has 8 heteroatoms. The second kappa shape index (κ2) is 9.34. The van der Waals surface area contributed by atoms with Crippen LogP contribution in [0.15, 0.2) is 24.3 Å². The molecule has 0 spiro atoms. The second-order valence-corrected chi connectivity index (χ2v) is 7.89. The average molecular weight is 411 g/mol. The quantitative estimate of drug-likeness (QED) is 0.711. The van der Waals surface area contributed by atoms with E-state index >= 15 is 0 Å². The number of amides is 2. The summed E-state index contributed by atoms with van der Waals surface area (Å²) in [6, 6.07) is 9.15. The fourth-order valence-corrected chi connectivity index (χ4v) is 4.43. The molecule has 1 aliphatic rings. The molecule has 2 N–H and O–H groups in total. The van der Waals surface area contributed by atoms with E-state index in [2.05, 4.69) is 16.7 Å². The Kier molecular flexibility index (Phi) is 6.62. The minimum atomic E-state index is -0.716. The first-order chi connectivity index (χ1) is 14.0. The van der Waals surface area contributed by atoms with Crippen molar-refractivity contribution >= 4 is 34.1 Å². The van der Waals surface area contributed by atoms with Crippen LogP contribution in [-0.2, 0) is 27.2 Å². The number of thiophene rings is 1. The zero-order valence-electron chi connectivity index (χ0n) is 16.0. The van der Waals surface area contributed by atoms with Crippen LogP contribution in [0, 0.1) is 18.3 Å². The topological polar surface area (TPSA) is 108 Å². The fourth-order valence-electron chi connectivity index (χ4n) is 3.17. The van der Waals surface area contributed by atoms with Crippen molar-refractivity contribution < 1.29 is 19.1 Å². The normalized spacial score (nSPS) is 12.4. The van der Waals surface area contributed by atoms with Gasteiger partial charge in [0, 0.05) is 10.4 Å². The molecule has 3 rings (SSSR count). The lowest BCUT2D eigenvalue weighted by molar-refractivity contribution is -0.146. The number of aryl methyl sites for hydroxylation is 2. The Labute approximate surface area is 172 Å². The molecule has 1 aromatic carbocycles. The molecule has 1 aliphatic carbocycles. The van der Waals surface area contributed by atoms with Gasteiger partial charge in [0.2, 0.25) is 0 Å². The number of anilines is 1. The summed E-state index contributed by atoms with van der Waals surface area (Å²) < 4.78 is 4.92. The minimum absolute atomic E-state index is 0.337. The van der Waals surface area contributed by atoms with Gasteiger partial charge in [0.05, 0.1) is 5.56 Å². The molecule has 1 heterocycles. The number of nitriles is 1. The van der Waals surface area contributed by atoms with E-state index in [0.29, 0.717) is 16.1 Å². The first-order valence-corrected chi connectivity index (χ1v) is 10.1. The first-order valence-electron chi connectivity index (χ1n) is 9.33. The molecule has 0 aliphatic heterocycles. The van der Waals surface area contributed by atoms with E-state index in [4.69, 9.17) is 4.74 Å². The van der Waals surface area contributed by atoms with Crippen LogP contribution in [0.25, 0.3) is 0 Å². The summed E-state index contributed by atoms with van der Waals surface area (Å²) in [6.45, 7) is 1.05. The van der Waals surface area contributed by atoms with E-state index in [1.165, 1.54) is 11.3 Å². The third-order valence-corrected chi connectivity index (χ3v) is 5.78. The number of rotatable bonds is 6. The molecule has 0 saturated heterocycles. The lowest BCUT2D eigenvalue weighted by atomic mass is 9.96. The predicted molar refractivity (Wildman–Crippen MR) is 109 cm³/mol. The molecule has 0 unspecified atom stereocenters. The number of nitrogens with one attached hydrogen (secondary N) is 2. The first kappa shape index (κ1) is 20.6. The number of ether oxygens (including phenoxy) is 1. The molecule has 0 saturated carbocycles. The Morgan fingerprint density at radius 1 is 1.24 bits per heavy atom. The highest BCUT2D eigenvalue weighted by Crippen LogP contribution is 2.37. The fraction of sp³-hybridized carbons (Fsp3) is 0.333. The maximum atomic E-state index is 12.1. The summed E-state index contributed by atoms with van der Waals surface area (Å²) in [4.78, 5) is 37.1. The molecule has 1 aromatic heterocycles. The van der Waals surface area contributed by atoms with Gasteiger partial charge in [0.15, 0.2) is 6.61 Å². The van der Waals surface area contributed by atoms with Gasteiger partial charge in [-0.15, -0.1) is 11.3 Å². The number of carbonyl (C=O) groups is 3. The lowest BCUT2D eigenvalue weighted by Gasteiger charge is -2.09. The van der Waals surface area contributed by atoms with Gasteiger partial charge in [-0.05, 0) is 50.3 Å². The van der Waals surface area contributed by atoms with Crippen molar-refractivity contribution in [2.45, 2.75) is 32.6 Å². The van der Waals surface area contributed by atoms with Crippen molar-refractivity contribution in [1.82, 2.24) is 5.32 Å². The Morgan fingerprint density at radius 2 is 2.03 bits per heavy atom. The highest BCUT2D eigenvalue weighted by atomic mass is 32.1. The van der Waals surface area contributed by atoms with Crippen molar-refractivity contribution in [3.05, 3.63) is 51.4 Å². The highest BCUT2D eigenvalue weighted by Gasteiger charge is 2.22. The average Bonchev–Trinajstić information content (AvgIpc) is 3.07. The van der Waals surface area contributed by atoms with E-state index in [-0.39, 0.29) is 6.54 Å². The van der Waals surface area contributed by atoms with E-state index in [1.54, 1.807) is 18.2 Å². The van der Waals surface area contributed by atoms with Gasteiger partial charge in [0.25, 0.3) is 11.8 Å². The van der Waals surface area contributed by atoms with E-state index in [0.717, 1.165) is 41.7 Å². The maximum Gasteiger partial charge on any atom is 0.325 e. The van der Waals surface area contributed by atoms with Crippen LogP contribution in [0.3, 0.4) is 0 Å². The van der Waals surface area contributed by atoms with Gasteiger partial charge in [-0.3, -0.25) is 14.4 Å². The summed E-state index contributed by atoms with van der Waals surface area (Å²) in [7, 11) is 0. The van der Waals surface area contributed by atoms with Crippen molar-refractivity contribution in [3.63, 3.8) is 0 Å². The Hall–Kier alpha value is -3.18. The van der Waals surface area contributed by atoms with Crippen molar-refractivity contribution in [2.24, 2.45) is 0 Å². The Bertz CT molecular complexity index is 990. The Balaban J connectivity index is 1.47. The predicted octanol–water partition coefficient (Wildman–Crippen LogP) is 2.72. The molecule has 0 atom stereocenters. The molecular formula is C21H21N3O4S.